The van der Waals surface area contributed by atoms with Gasteiger partial charge in [-0.1, -0.05) is 0 Å². The van der Waals surface area contributed by atoms with Crippen molar-refractivity contribution in [2.45, 2.75) is 76.9 Å². The van der Waals surface area contributed by atoms with Gasteiger partial charge in [-0.2, -0.15) is 13.2 Å². The van der Waals surface area contributed by atoms with E-state index in [0.717, 1.165) is 20.8 Å². The van der Waals surface area contributed by atoms with Crippen molar-refractivity contribution in [1.29, 1.82) is 0 Å². The van der Waals surface area contributed by atoms with Gasteiger partial charge in [0.1, 0.15) is 18.8 Å². The summed E-state index contributed by atoms with van der Waals surface area (Å²) >= 11 is 0. The normalized spacial score (nSPS) is 24.6. The second-order valence-corrected chi connectivity index (χ2v) is 7.21. The molecule has 34 heavy (non-hydrogen) atoms. The number of hydrogen-bond acceptors (Lipinski definition) is 10. The van der Waals surface area contributed by atoms with E-state index in [-0.39, 0.29) is 25.9 Å². The van der Waals surface area contributed by atoms with Crippen molar-refractivity contribution in [3.05, 3.63) is 0 Å². The minimum atomic E-state index is -5.32. The van der Waals surface area contributed by atoms with Gasteiger partial charge < -0.3 is 34.1 Å². The van der Waals surface area contributed by atoms with Crippen molar-refractivity contribution in [1.82, 2.24) is 5.32 Å². The van der Waals surface area contributed by atoms with Crippen LogP contribution in [0.4, 0.5) is 13.2 Å². The quantitative estimate of drug-likeness (QED) is 0.230. The summed E-state index contributed by atoms with van der Waals surface area (Å²) in [7, 11) is 0. The zero-order valence-electron chi connectivity index (χ0n) is 18.6. The summed E-state index contributed by atoms with van der Waals surface area (Å²) in [6, 6.07) is -1.80. The van der Waals surface area contributed by atoms with Gasteiger partial charge in [0.2, 0.25) is 0 Å². The molecular formula is C19H26F3NO11. The number of amides is 1. The fraction of sp³-hybridized carbons (Fsp3) is 0.737. The van der Waals surface area contributed by atoms with E-state index in [0.29, 0.717) is 0 Å². The van der Waals surface area contributed by atoms with Gasteiger partial charge in [0, 0.05) is 33.8 Å². The number of carboxylic acids is 1. The molecule has 1 rings (SSSR count). The molecule has 12 nitrogen and oxygen atoms in total. The average molecular weight is 501 g/mol. The first-order valence-electron chi connectivity index (χ1n) is 10.1. The van der Waals surface area contributed by atoms with Crippen LogP contribution in [0.5, 0.6) is 0 Å². The molecule has 2 N–H and O–H groups in total. The van der Waals surface area contributed by atoms with Crippen LogP contribution in [0.25, 0.3) is 0 Å². The molecule has 1 amide bonds. The van der Waals surface area contributed by atoms with Crippen LogP contribution in [0, 0.1) is 0 Å². The largest absolute Gasteiger partial charge is 0.481 e. The fourth-order valence-electron chi connectivity index (χ4n) is 3.01. The second kappa shape index (κ2) is 13.1. The van der Waals surface area contributed by atoms with Crippen LogP contribution in [0.2, 0.25) is 0 Å². The zero-order valence-corrected chi connectivity index (χ0v) is 18.6. The number of carbonyl (C=O) groups is 5. The number of hydrogen-bond donors (Lipinski definition) is 2. The molecule has 0 bridgehead atoms. The van der Waals surface area contributed by atoms with Crippen LogP contribution in [0.15, 0.2) is 0 Å². The highest BCUT2D eigenvalue weighted by Gasteiger charge is 2.53. The van der Waals surface area contributed by atoms with E-state index in [4.69, 9.17) is 28.8 Å². The molecule has 1 aliphatic heterocycles. The Hall–Kier alpha value is -2.94. The summed E-state index contributed by atoms with van der Waals surface area (Å²) in [4.78, 5) is 56.8. The van der Waals surface area contributed by atoms with E-state index in [1.165, 1.54) is 0 Å². The number of alkyl halides is 3. The van der Waals surface area contributed by atoms with Crippen molar-refractivity contribution in [2.75, 3.05) is 13.2 Å². The zero-order chi connectivity index (χ0) is 26.1. The lowest BCUT2D eigenvalue weighted by molar-refractivity contribution is -0.279. The van der Waals surface area contributed by atoms with Gasteiger partial charge in [0.25, 0.3) is 0 Å². The Labute approximate surface area is 192 Å². The summed E-state index contributed by atoms with van der Waals surface area (Å²) in [5, 5.41) is 10.3. The molecule has 0 aromatic rings. The highest BCUT2D eigenvalue weighted by atomic mass is 19.4. The predicted octanol–water partition coefficient (Wildman–Crippen LogP) is 0.456. The number of aliphatic carboxylic acids is 1. The van der Waals surface area contributed by atoms with Gasteiger partial charge in [0.15, 0.2) is 18.5 Å². The van der Waals surface area contributed by atoms with Crippen molar-refractivity contribution in [3.63, 3.8) is 0 Å². The minimum Gasteiger partial charge on any atom is -0.481 e. The maximum absolute atomic E-state index is 12.9. The average Bonchev–Trinajstić information content (AvgIpc) is 2.68. The van der Waals surface area contributed by atoms with E-state index in [1.807, 2.05) is 0 Å². The lowest BCUT2D eigenvalue weighted by atomic mass is 9.96. The van der Waals surface area contributed by atoms with Crippen LogP contribution < -0.4 is 5.32 Å². The van der Waals surface area contributed by atoms with Crippen molar-refractivity contribution < 1.29 is 65.9 Å². The van der Waals surface area contributed by atoms with Gasteiger partial charge in [0.05, 0.1) is 0 Å². The molecule has 1 fully saturated rings. The lowest BCUT2D eigenvalue weighted by Crippen LogP contribution is -2.67. The smallest absolute Gasteiger partial charge is 0.471 e. The summed E-state index contributed by atoms with van der Waals surface area (Å²) in [5.41, 5.74) is 0. The lowest BCUT2D eigenvalue weighted by Gasteiger charge is -2.45. The van der Waals surface area contributed by atoms with Gasteiger partial charge in [-0.25, -0.2) is 0 Å². The number of halogens is 3. The molecule has 1 saturated heterocycles. The number of unbranched alkanes of at least 4 members (excludes halogenated alkanes) is 1. The maximum atomic E-state index is 12.9. The van der Waals surface area contributed by atoms with E-state index >= 15 is 0 Å². The number of esters is 3. The molecule has 1 heterocycles. The number of carboxylic acid groups (broad SMARTS) is 1. The van der Waals surface area contributed by atoms with Crippen molar-refractivity contribution >= 4 is 29.8 Å². The maximum Gasteiger partial charge on any atom is 0.471 e. The molecule has 0 spiro atoms. The Bertz CT molecular complexity index is 758. The molecule has 0 unspecified atom stereocenters. The second-order valence-electron chi connectivity index (χ2n) is 7.21. The van der Waals surface area contributed by atoms with Crippen LogP contribution in [0.3, 0.4) is 0 Å². The molecule has 0 aromatic carbocycles. The highest BCUT2D eigenvalue weighted by Crippen LogP contribution is 2.29. The van der Waals surface area contributed by atoms with Gasteiger partial charge >= 0.3 is 36.0 Å². The molecule has 5 atom stereocenters. The molecular weight excluding hydrogens is 475 g/mol. The Morgan fingerprint density at radius 1 is 0.941 bits per heavy atom. The topological polar surface area (TPSA) is 164 Å². The Kier molecular flexibility index (Phi) is 11.2. The van der Waals surface area contributed by atoms with Crippen molar-refractivity contribution in [2.24, 2.45) is 0 Å². The van der Waals surface area contributed by atoms with E-state index in [1.54, 1.807) is 5.32 Å². The van der Waals surface area contributed by atoms with E-state index in [9.17, 15) is 37.1 Å². The minimum absolute atomic E-state index is 0.159. The first-order chi connectivity index (χ1) is 15.7. The SMILES string of the molecule is CC(=O)OC[C@H]1O[C@@H](OCCCCC(=O)O)[C@H](NC(=O)C(F)(F)F)[C@@H](OC(C)=O)[C@H]1OC(C)=O. The summed E-state index contributed by atoms with van der Waals surface area (Å²) in [6.07, 6.45) is -11.5. The molecule has 15 heteroatoms. The Morgan fingerprint density at radius 2 is 1.53 bits per heavy atom. The van der Waals surface area contributed by atoms with Gasteiger partial charge in [-0.15, -0.1) is 0 Å². The fourth-order valence-corrected chi connectivity index (χ4v) is 3.01. The monoisotopic (exact) mass is 501 g/mol. The first kappa shape index (κ1) is 29.1. The number of nitrogens with one attached hydrogen (secondary N) is 1. The van der Waals surface area contributed by atoms with Crippen molar-refractivity contribution in [3.8, 4) is 0 Å². The van der Waals surface area contributed by atoms with Crippen LogP contribution in [-0.4, -0.2) is 84.9 Å². The van der Waals surface area contributed by atoms with Gasteiger partial charge in [-0.3, -0.25) is 24.0 Å². The molecule has 0 aromatic heterocycles. The highest BCUT2D eigenvalue weighted by molar-refractivity contribution is 5.82. The number of rotatable bonds is 11. The summed E-state index contributed by atoms with van der Waals surface area (Å²) in [5.74, 6) is -6.13. The number of carbonyl (C=O) groups excluding carboxylic acids is 4. The molecule has 0 saturated carbocycles. The van der Waals surface area contributed by atoms with Crippen LogP contribution >= 0.6 is 0 Å². The van der Waals surface area contributed by atoms with Crippen LogP contribution in [0.1, 0.15) is 40.0 Å². The van der Waals surface area contributed by atoms with Crippen LogP contribution in [-0.2, 0) is 47.7 Å². The first-order valence-corrected chi connectivity index (χ1v) is 10.1. The van der Waals surface area contributed by atoms with Gasteiger partial charge in [-0.05, 0) is 12.8 Å². The Morgan fingerprint density at radius 3 is 2.03 bits per heavy atom. The molecule has 194 valence electrons. The third-order valence-electron chi connectivity index (χ3n) is 4.32. The predicted molar refractivity (Wildman–Crippen MR) is 102 cm³/mol. The number of ether oxygens (including phenoxy) is 5. The third kappa shape index (κ3) is 9.91. The summed E-state index contributed by atoms with van der Waals surface area (Å²) in [6.45, 7) is 2.22. The van der Waals surface area contributed by atoms with E-state index < -0.39 is 73.2 Å². The molecule has 1 aliphatic rings. The standard InChI is InChI=1S/C19H26F3NO11/c1-9(24)31-8-12-15(32-10(2)25)16(33-11(3)26)14(23-18(29)19(20,21)22)17(34-12)30-7-5-4-6-13(27)28/h12,14-17H,4-8H2,1-3H3,(H,23,29)(H,27,28)/t12-,14-,15+,16-,17-/m1/s1. The summed E-state index contributed by atoms with van der Waals surface area (Å²) < 4.78 is 64.8. The molecule has 0 aliphatic carbocycles. The van der Waals surface area contributed by atoms with E-state index in [2.05, 4.69) is 0 Å². The Balaban J connectivity index is 3.26. The third-order valence-corrected chi connectivity index (χ3v) is 4.32. The molecule has 0 radical (unpaired) electrons.